The summed E-state index contributed by atoms with van der Waals surface area (Å²) in [6.07, 6.45) is 0. The molecule has 1 aliphatic heterocycles. The number of fused-ring (bicyclic) bond motifs is 10. The third-order valence-corrected chi connectivity index (χ3v) is 11.0. The van der Waals surface area contributed by atoms with Crippen LogP contribution >= 0.6 is 0 Å². The summed E-state index contributed by atoms with van der Waals surface area (Å²) in [5.41, 5.74) is 15.7. The van der Waals surface area contributed by atoms with Crippen LogP contribution in [0, 0.1) is 11.3 Å². The van der Waals surface area contributed by atoms with Crippen molar-refractivity contribution in [2.45, 2.75) is 0 Å². The van der Waals surface area contributed by atoms with E-state index >= 15 is 0 Å². The fraction of sp³-hybridized carbons (Fsp3) is 0. The average molecular weight is 701 g/mol. The summed E-state index contributed by atoms with van der Waals surface area (Å²) >= 11 is 0. The standard InChI is InChI=1S/C51H32N4/c52-33-35-18-15-25-44-49-42-23-9-13-28-47(42)53(37-19-5-2-6-20-37)48-29-14-10-24-43(48)51(49)55(50(35)44)39-31-36(34-16-3-1-4-17-34)30-38(32-39)54-45-26-11-7-21-40(45)41-22-8-12-27-46(41)54/h1-32H. The number of anilines is 3. The van der Waals surface area contributed by atoms with Crippen LogP contribution in [-0.2, 0) is 0 Å². The summed E-state index contributed by atoms with van der Waals surface area (Å²) < 4.78 is 4.74. The molecule has 0 spiro atoms. The van der Waals surface area contributed by atoms with Gasteiger partial charge in [0.1, 0.15) is 6.07 Å². The molecule has 0 saturated heterocycles. The molecule has 0 aliphatic carbocycles. The number of benzene rings is 8. The van der Waals surface area contributed by atoms with Crippen LogP contribution in [0.1, 0.15) is 5.56 Å². The van der Waals surface area contributed by atoms with Crippen LogP contribution in [0.4, 0.5) is 17.1 Å². The van der Waals surface area contributed by atoms with Crippen LogP contribution in [0.3, 0.4) is 0 Å². The highest BCUT2D eigenvalue weighted by Crippen LogP contribution is 2.55. The van der Waals surface area contributed by atoms with E-state index in [4.69, 9.17) is 0 Å². The second-order valence-corrected chi connectivity index (χ2v) is 14.1. The molecule has 0 radical (unpaired) electrons. The molecule has 10 aromatic rings. The van der Waals surface area contributed by atoms with Gasteiger partial charge >= 0.3 is 0 Å². The van der Waals surface area contributed by atoms with Gasteiger partial charge in [0.15, 0.2) is 0 Å². The first-order valence-corrected chi connectivity index (χ1v) is 18.6. The molecule has 4 nitrogen and oxygen atoms in total. The molecule has 55 heavy (non-hydrogen) atoms. The van der Waals surface area contributed by atoms with Crippen LogP contribution in [0.2, 0.25) is 0 Å². The quantitative estimate of drug-likeness (QED) is 0.183. The van der Waals surface area contributed by atoms with E-state index < -0.39 is 0 Å². The number of aromatic nitrogens is 2. The summed E-state index contributed by atoms with van der Waals surface area (Å²) in [5, 5.41) is 14.3. The molecule has 0 N–H and O–H groups in total. The smallest absolute Gasteiger partial charge is 0.101 e. The van der Waals surface area contributed by atoms with Crippen molar-refractivity contribution in [2.75, 3.05) is 4.90 Å². The largest absolute Gasteiger partial charge is 0.309 e. The van der Waals surface area contributed by atoms with E-state index in [1.165, 1.54) is 10.8 Å². The van der Waals surface area contributed by atoms with Crippen molar-refractivity contribution in [3.8, 4) is 51.0 Å². The molecule has 1 aliphatic rings. The number of nitriles is 1. The Bertz CT molecular complexity index is 3110. The number of nitrogens with zero attached hydrogens (tertiary/aromatic N) is 4. The van der Waals surface area contributed by atoms with Gasteiger partial charge in [-0.2, -0.15) is 5.26 Å². The molecule has 0 amide bonds. The van der Waals surface area contributed by atoms with E-state index in [1.807, 2.05) is 12.1 Å². The average Bonchev–Trinajstić information content (AvgIpc) is 3.74. The Hall–Kier alpha value is -7.61. The van der Waals surface area contributed by atoms with Gasteiger partial charge in [-0.05, 0) is 71.8 Å². The summed E-state index contributed by atoms with van der Waals surface area (Å²) in [4.78, 5) is 2.37. The van der Waals surface area contributed by atoms with Crippen molar-refractivity contribution in [2.24, 2.45) is 0 Å². The summed E-state index contributed by atoms with van der Waals surface area (Å²) in [5.74, 6) is 0. The normalized spacial score (nSPS) is 11.9. The molecule has 4 heteroatoms. The Morgan fingerprint density at radius 1 is 0.400 bits per heavy atom. The van der Waals surface area contributed by atoms with E-state index in [0.717, 1.165) is 83.9 Å². The molecule has 0 saturated carbocycles. The Balaban J connectivity index is 1.31. The predicted molar refractivity (Wildman–Crippen MR) is 227 cm³/mol. The lowest BCUT2D eigenvalue weighted by Crippen LogP contribution is -2.11. The zero-order chi connectivity index (χ0) is 36.5. The van der Waals surface area contributed by atoms with Crippen molar-refractivity contribution < 1.29 is 0 Å². The Morgan fingerprint density at radius 2 is 0.945 bits per heavy atom. The minimum Gasteiger partial charge on any atom is -0.309 e. The van der Waals surface area contributed by atoms with E-state index in [-0.39, 0.29) is 0 Å². The van der Waals surface area contributed by atoms with Crippen LogP contribution < -0.4 is 4.90 Å². The zero-order valence-corrected chi connectivity index (χ0v) is 29.8. The number of para-hydroxylation sites is 6. The lowest BCUT2D eigenvalue weighted by atomic mass is 9.97. The van der Waals surface area contributed by atoms with Crippen molar-refractivity contribution in [3.05, 3.63) is 200 Å². The number of rotatable bonds is 4. The summed E-state index contributed by atoms with van der Waals surface area (Å²) in [6, 6.07) is 71.5. The third-order valence-electron chi connectivity index (χ3n) is 11.0. The maximum Gasteiger partial charge on any atom is 0.101 e. The molecule has 2 aromatic heterocycles. The molecule has 0 unspecified atom stereocenters. The van der Waals surface area contributed by atoms with Crippen LogP contribution in [-0.4, -0.2) is 9.13 Å². The van der Waals surface area contributed by atoms with Gasteiger partial charge in [0.25, 0.3) is 0 Å². The van der Waals surface area contributed by atoms with Gasteiger partial charge in [0.2, 0.25) is 0 Å². The van der Waals surface area contributed by atoms with Gasteiger partial charge in [-0.25, -0.2) is 0 Å². The second kappa shape index (κ2) is 12.2. The lowest BCUT2D eigenvalue weighted by molar-refractivity contribution is 1.11. The Labute approximate surface area is 318 Å². The second-order valence-electron chi connectivity index (χ2n) is 14.1. The fourth-order valence-electron chi connectivity index (χ4n) is 8.80. The Morgan fingerprint density at radius 3 is 1.64 bits per heavy atom. The van der Waals surface area contributed by atoms with Gasteiger partial charge in [-0.15, -0.1) is 0 Å². The maximum absolute atomic E-state index is 10.8. The van der Waals surface area contributed by atoms with Gasteiger partial charge in [-0.1, -0.05) is 133 Å². The van der Waals surface area contributed by atoms with Gasteiger partial charge in [0, 0.05) is 49.9 Å². The lowest BCUT2D eigenvalue weighted by Gasteiger charge is -2.27. The van der Waals surface area contributed by atoms with Crippen molar-refractivity contribution in [1.82, 2.24) is 9.13 Å². The first-order chi connectivity index (χ1) is 27.3. The van der Waals surface area contributed by atoms with E-state index in [2.05, 4.69) is 202 Å². The first-order valence-electron chi connectivity index (χ1n) is 18.6. The van der Waals surface area contributed by atoms with Crippen LogP contribution in [0.15, 0.2) is 194 Å². The summed E-state index contributed by atoms with van der Waals surface area (Å²) in [7, 11) is 0. The molecule has 11 rings (SSSR count). The minimum atomic E-state index is 0.629. The topological polar surface area (TPSA) is 36.9 Å². The maximum atomic E-state index is 10.8. The molecule has 3 heterocycles. The van der Waals surface area contributed by atoms with Gasteiger partial charge < -0.3 is 14.0 Å². The number of hydrogen-bond donors (Lipinski definition) is 0. The highest BCUT2D eigenvalue weighted by Gasteiger charge is 2.32. The minimum absolute atomic E-state index is 0.629. The molecule has 0 fully saturated rings. The highest BCUT2D eigenvalue weighted by atomic mass is 15.2. The van der Waals surface area contributed by atoms with Crippen LogP contribution in [0.25, 0.3) is 77.6 Å². The predicted octanol–water partition coefficient (Wildman–Crippen LogP) is 13.4. The first kappa shape index (κ1) is 31.0. The molecule has 0 bridgehead atoms. The molecular formula is C51H32N4. The SMILES string of the molecule is N#Cc1cccc2c3c(n(-c4cc(-c5ccccc5)cc(-n5c6ccccc6c6ccccc65)c4)c12)-c1ccccc1N(c1ccccc1)c1ccccc1-3. The fourth-order valence-corrected chi connectivity index (χ4v) is 8.80. The summed E-state index contributed by atoms with van der Waals surface area (Å²) in [6.45, 7) is 0. The van der Waals surface area contributed by atoms with E-state index in [0.29, 0.717) is 5.56 Å². The Kier molecular flexibility index (Phi) is 6.89. The van der Waals surface area contributed by atoms with Crippen molar-refractivity contribution in [3.63, 3.8) is 0 Å². The molecule has 256 valence electrons. The molecular weight excluding hydrogens is 669 g/mol. The zero-order valence-electron chi connectivity index (χ0n) is 29.8. The number of hydrogen-bond acceptors (Lipinski definition) is 2. The van der Waals surface area contributed by atoms with Crippen molar-refractivity contribution >= 4 is 49.8 Å². The van der Waals surface area contributed by atoms with Gasteiger partial charge in [0.05, 0.1) is 39.2 Å². The van der Waals surface area contributed by atoms with Crippen LogP contribution in [0.5, 0.6) is 0 Å². The highest BCUT2D eigenvalue weighted by molar-refractivity contribution is 6.14. The molecule has 0 atom stereocenters. The van der Waals surface area contributed by atoms with E-state index in [1.54, 1.807) is 0 Å². The van der Waals surface area contributed by atoms with Gasteiger partial charge in [-0.3, -0.25) is 0 Å². The molecule has 8 aromatic carbocycles. The van der Waals surface area contributed by atoms with E-state index in [9.17, 15) is 5.26 Å². The van der Waals surface area contributed by atoms with Crippen molar-refractivity contribution in [1.29, 1.82) is 5.26 Å². The monoisotopic (exact) mass is 700 g/mol. The third kappa shape index (κ3) is 4.64.